The maximum absolute atomic E-state index is 12.4. The molecule has 6 nitrogen and oxygen atoms in total. The number of hydrogen-bond donors (Lipinski definition) is 3. The largest absolute Gasteiger partial charge is 0.466 e. The van der Waals surface area contributed by atoms with Gasteiger partial charge in [-0.25, -0.2) is 0 Å². The fourth-order valence-corrected chi connectivity index (χ4v) is 10.0. The van der Waals surface area contributed by atoms with E-state index in [0.717, 1.165) is 44.9 Å². The summed E-state index contributed by atoms with van der Waals surface area (Å²) in [4.78, 5) is 24.5. The van der Waals surface area contributed by atoms with E-state index in [1.807, 2.05) is 6.08 Å². The monoisotopic (exact) mass is 1000 g/mol. The van der Waals surface area contributed by atoms with Gasteiger partial charge in [-0.2, -0.15) is 0 Å². The van der Waals surface area contributed by atoms with Crippen LogP contribution in [0, 0.1) is 0 Å². The number of rotatable bonds is 60. The summed E-state index contributed by atoms with van der Waals surface area (Å²) in [6, 6.07) is -0.624. The lowest BCUT2D eigenvalue weighted by Crippen LogP contribution is -2.45. The van der Waals surface area contributed by atoms with Gasteiger partial charge in [0, 0.05) is 12.8 Å². The molecule has 0 heterocycles. The normalized spacial score (nSPS) is 12.7. The summed E-state index contributed by atoms with van der Waals surface area (Å²) in [5.41, 5.74) is 0. The molecule has 0 aliphatic rings. The number of aliphatic hydroxyl groups excluding tert-OH is 2. The van der Waals surface area contributed by atoms with Crippen molar-refractivity contribution in [3.05, 3.63) is 24.3 Å². The van der Waals surface area contributed by atoms with E-state index >= 15 is 0 Å². The number of allylic oxidation sites excluding steroid dienone is 3. The number of nitrogens with one attached hydrogen (secondary N) is 1. The van der Waals surface area contributed by atoms with Gasteiger partial charge in [0.25, 0.3) is 0 Å². The van der Waals surface area contributed by atoms with Crippen LogP contribution in [0.5, 0.6) is 0 Å². The highest BCUT2D eigenvalue weighted by atomic mass is 16.5. The summed E-state index contributed by atoms with van der Waals surface area (Å²) in [5, 5.41) is 23.0. The van der Waals surface area contributed by atoms with Crippen LogP contribution in [-0.2, 0) is 14.3 Å². The van der Waals surface area contributed by atoms with Gasteiger partial charge >= 0.3 is 5.97 Å². The number of hydrogen-bond acceptors (Lipinski definition) is 5. The van der Waals surface area contributed by atoms with Gasteiger partial charge in [-0.3, -0.25) is 9.59 Å². The molecule has 0 rings (SSSR count). The summed E-state index contributed by atoms with van der Waals surface area (Å²) in [6.45, 7) is 4.91. The molecule has 3 N–H and O–H groups in total. The zero-order chi connectivity index (χ0) is 51.4. The van der Waals surface area contributed by atoms with Crippen molar-refractivity contribution in [1.82, 2.24) is 5.32 Å². The Bertz CT molecular complexity index is 1110. The Morgan fingerprint density at radius 3 is 1.00 bits per heavy atom. The Balaban J connectivity index is 3.33. The van der Waals surface area contributed by atoms with Crippen LogP contribution in [0.4, 0.5) is 0 Å². The predicted octanol–water partition coefficient (Wildman–Crippen LogP) is 20.2. The molecule has 71 heavy (non-hydrogen) atoms. The number of carbonyl (C=O) groups excluding carboxylic acids is 2. The molecule has 2 unspecified atom stereocenters. The van der Waals surface area contributed by atoms with Crippen LogP contribution in [0.25, 0.3) is 0 Å². The van der Waals surface area contributed by atoms with E-state index < -0.39 is 12.1 Å². The lowest BCUT2D eigenvalue weighted by molar-refractivity contribution is -0.143. The van der Waals surface area contributed by atoms with Gasteiger partial charge in [-0.1, -0.05) is 308 Å². The van der Waals surface area contributed by atoms with Crippen molar-refractivity contribution < 1.29 is 24.5 Å². The van der Waals surface area contributed by atoms with Crippen LogP contribution in [0.3, 0.4) is 0 Å². The predicted molar refractivity (Wildman–Crippen MR) is 310 cm³/mol. The van der Waals surface area contributed by atoms with Gasteiger partial charge in [0.05, 0.1) is 25.4 Å². The minimum absolute atomic E-state index is 0.0106. The number of carbonyl (C=O) groups is 2. The quantitative estimate of drug-likeness (QED) is 0.0320. The fourth-order valence-electron chi connectivity index (χ4n) is 10.0. The van der Waals surface area contributed by atoms with Gasteiger partial charge < -0.3 is 20.3 Å². The van der Waals surface area contributed by atoms with Crippen LogP contribution in [0.2, 0.25) is 0 Å². The first-order chi connectivity index (χ1) is 35.0. The van der Waals surface area contributed by atoms with E-state index in [1.165, 1.54) is 283 Å². The highest BCUT2D eigenvalue weighted by Gasteiger charge is 2.18. The van der Waals surface area contributed by atoms with E-state index in [9.17, 15) is 19.8 Å². The third-order valence-corrected chi connectivity index (χ3v) is 15.0. The van der Waals surface area contributed by atoms with Gasteiger partial charge in [-0.05, 0) is 57.8 Å². The molecule has 0 aliphatic carbocycles. The molecule has 0 bridgehead atoms. The summed E-state index contributed by atoms with van der Waals surface area (Å²) in [6.07, 6.45) is 75.3. The SMILES string of the molecule is CCCCCCCCC/C=C\CCCCCCCC(=O)OCCCCCCCCCCCCCCCCCCCCCCCCCCCCCC(=O)NC(CO)C(O)/C=C/CCCCCCCCCCC. The molecule has 0 aliphatic heterocycles. The zero-order valence-corrected chi connectivity index (χ0v) is 48.0. The van der Waals surface area contributed by atoms with E-state index in [-0.39, 0.29) is 18.5 Å². The number of amides is 1. The van der Waals surface area contributed by atoms with Crippen LogP contribution in [-0.4, -0.2) is 47.4 Å². The van der Waals surface area contributed by atoms with Crippen molar-refractivity contribution in [3.63, 3.8) is 0 Å². The van der Waals surface area contributed by atoms with Crippen LogP contribution >= 0.6 is 0 Å². The smallest absolute Gasteiger partial charge is 0.305 e. The van der Waals surface area contributed by atoms with Crippen molar-refractivity contribution >= 4 is 11.9 Å². The molecular formula is C65H125NO5. The fraction of sp³-hybridized carbons (Fsp3) is 0.908. The molecule has 0 aromatic rings. The van der Waals surface area contributed by atoms with Crippen molar-refractivity contribution in [1.29, 1.82) is 0 Å². The third kappa shape index (κ3) is 57.5. The van der Waals surface area contributed by atoms with Gasteiger partial charge in [0.1, 0.15) is 0 Å². The van der Waals surface area contributed by atoms with Crippen LogP contribution in [0.1, 0.15) is 354 Å². The zero-order valence-electron chi connectivity index (χ0n) is 48.0. The van der Waals surface area contributed by atoms with E-state index in [1.54, 1.807) is 6.08 Å². The second-order valence-electron chi connectivity index (χ2n) is 22.1. The Kier molecular flexibility index (Phi) is 59.5. The number of aliphatic hydroxyl groups is 2. The number of esters is 1. The lowest BCUT2D eigenvalue weighted by Gasteiger charge is -2.20. The lowest BCUT2D eigenvalue weighted by atomic mass is 10.0. The van der Waals surface area contributed by atoms with Crippen molar-refractivity contribution in [2.45, 2.75) is 366 Å². The highest BCUT2D eigenvalue weighted by Crippen LogP contribution is 2.18. The summed E-state index contributed by atoms with van der Waals surface area (Å²) >= 11 is 0. The molecule has 0 saturated heterocycles. The molecule has 1 amide bonds. The van der Waals surface area contributed by atoms with Gasteiger partial charge in [0.2, 0.25) is 5.91 Å². The van der Waals surface area contributed by atoms with Gasteiger partial charge in [0.15, 0.2) is 0 Å². The average molecular weight is 1000 g/mol. The van der Waals surface area contributed by atoms with Gasteiger partial charge in [-0.15, -0.1) is 0 Å². The Morgan fingerprint density at radius 1 is 0.380 bits per heavy atom. The Hall–Kier alpha value is -1.66. The summed E-state index contributed by atoms with van der Waals surface area (Å²) in [7, 11) is 0. The maximum atomic E-state index is 12.4. The Labute approximate surface area is 443 Å². The number of ether oxygens (including phenoxy) is 1. The molecule has 0 saturated carbocycles. The maximum Gasteiger partial charge on any atom is 0.305 e. The molecule has 6 heteroatoms. The summed E-state index contributed by atoms with van der Waals surface area (Å²) < 4.78 is 5.49. The standard InChI is InChI=1S/C65H125NO5/c1-3-5-7-9-11-13-15-16-17-32-35-39-43-47-51-55-59-65(70)71-60-56-52-48-44-40-36-33-30-28-26-24-22-20-18-19-21-23-25-27-29-31-34-38-42-46-50-54-58-64(69)66-62(61-67)63(68)57-53-49-45-41-37-14-12-10-8-6-4-2/h17,32,53,57,62-63,67-68H,3-16,18-31,33-52,54-56,58-61H2,1-2H3,(H,66,69)/b32-17-,57-53+. The first-order valence-corrected chi connectivity index (χ1v) is 32.1. The minimum Gasteiger partial charge on any atom is -0.466 e. The van der Waals surface area contributed by atoms with Crippen molar-refractivity contribution in [3.8, 4) is 0 Å². The van der Waals surface area contributed by atoms with E-state index in [4.69, 9.17) is 4.74 Å². The third-order valence-electron chi connectivity index (χ3n) is 15.0. The second-order valence-corrected chi connectivity index (χ2v) is 22.1. The molecular weight excluding hydrogens is 875 g/mol. The molecule has 0 aromatic heterocycles. The molecule has 0 radical (unpaired) electrons. The molecule has 0 aromatic carbocycles. The van der Waals surface area contributed by atoms with Crippen LogP contribution in [0.15, 0.2) is 24.3 Å². The first-order valence-electron chi connectivity index (χ1n) is 32.1. The van der Waals surface area contributed by atoms with E-state index in [2.05, 4.69) is 31.3 Å². The minimum atomic E-state index is -0.840. The van der Waals surface area contributed by atoms with Crippen molar-refractivity contribution in [2.24, 2.45) is 0 Å². The molecule has 0 spiro atoms. The van der Waals surface area contributed by atoms with E-state index in [0.29, 0.717) is 19.4 Å². The first kappa shape index (κ1) is 69.3. The molecule has 2 atom stereocenters. The van der Waals surface area contributed by atoms with Crippen molar-refractivity contribution in [2.75, 3.05) is 13.2 Å². The summed E-state index contributed by atoms with van der Waals surface area (Å²) in [5.74, 6) is -0.0548. The Morgan fingerprint density at radius 2 is 0.662 bits per heavy atom. The second kappa shape index (κ2) is 60.9. The van der Waals surface area contributed by atoms with Crippen LogP contribution < -0.4 is 5.32 Å². The highest BCUT2D eigenvalue weighted by molar-refractivity contribution is 5.76. The average Bonchev–Trinajstić information content (AvgIpc) is 3.37. The number of unbranched alkanes of at least 4 members (excludes halogenated alkanes) is 47. The molecule has 0 fully saturated rings. The topological polar surface area (TPSA) is 95.9 Å². The molecule has 420 valence electrons.